The number of nitrogens with zero attached hydrogens (tertiary/aromatic N) is 1. The highest BCUT2D eigenvalue weighted by Crippen LogP contribution is 2.17. The molecule has 2 amide bonds. The number of hydrogen-bond donors (Lipinski definition) is 2. The lowest BCUT2D eigenvalue weighted by atomic mass is 10.2. The van der Waals surface area contributed by atoms with Gasteiger partial charge in [-0.05, 0) is 43.3 Å². The fourth-order valence-electron chi connectivity index (χ4n) is 2.22. The Labute approximate surface area is 153 Å². The Hall–Kier alpha value is -2.71. The molecule has 2 N–H and O–H groups in total. The average Bonchev–Trinajstić information content (AvgIpc) is 2.56. The summed E-state index contributed by atoms with van der Waals surface area (Å²) >= 11 is 0. The van der Waals surface area contributed by atoms with Crippen molar-refractivity contribution in [2.24, 2.45) is 0 Å². The van der Waals surface area contributed by atoms with Gasteiger partial charge in [0.15, 0.2) is 0 Å². The molecule has 0 heterocycles. The highest BCUT2D eigenvalue weighted by Gasteiger charge is 2.23. The van der Waals surface area contributed by atoms with Crippen LogP contribution in [0.5, 0.6) is 0 Å². The van der Waals surface area contributed by atoms with Crippen LogP contribution in [0.25, 0.3) is 0 Å². The fourth-order valence-corrected chi connectivity index (χ4v) is 3.35. The molecule has 138 valence electrons. The average molecular weight is 375 g/mol. The number of carbonyl (C=O) groups is 2. The Morgan fingerprint density at radius 1 is 0.923 bits per heavy atom. The predicted octanol–water partition coefficient (Wildman–Crippen LogP) is 2.21. The van der Waals surface area contributed by atoms with E-state index in [0.717, 1.165) is 9.87 Å². The first-order valence-corrected chi connectivity index (χ1v) is 9.33. The topological polar surface area (TPSA) is 95.6 Å². The Bertz CT molecular complexity index is 891. The summed E-state index contributed by atoms with van der Waals surface area (Å²) in [7, 11) is -2.48. The number of carbonyl (C=O) groups excluding carboxylic acids is 2. The molecule has 0 fully saturated rings. The number of amides is 2. The van der Waals surface area contributed by atoms with E-state index in [0.29, 0.717) is 11.4 Å². The lowest BCUT2D eigenvalue weighted by Crippen LogP contribution is -2.34. The van der Waals surface area contributed by atoms with E-state index in [1.54, 1.807) is 12.1 Å². The minimum Gasteiger partial charge on any atom is -0.326 e. The Balaban J connectivity index is 2.04. The zero-order valence-electron chi connectivity index (χ0n) is 14.8. The van der Waals surface area contributed by atoms with Gasteiger partial charge in [0.25, 0.3) is 0 Å². The molecule has 26 heavy (non-hydrogen) atoms. The van der Waals surface area contributed by atoms with Gasteiger partial charge in [0, 0.05) is 25.3 Å². The summed E-state index contributed by atoms with van der Waals surface area (Å²) in [4.78, 5) is 23.1. The Kier molecular flexibility index (Phi) is 6.12. The van der Waals surface area contributed by atoms with Crippen molar-refractivity contribution in [1.82, 2.24) is 4.31 Å². The first-order valence-electron chi connectivity index (χ1n) is 7.89. The second kappa shape index (κ2) is 8.11. The smallest absolute Gasteiger partial charge is 0.243 e. The van der Waals surface area contributed by atoms with Crippen molar-refractivity contribution >= 4 is 33.2 Å². The highest BCUT2D eigenvalue weighted by atomic mass is 32.2. The molecule has 7 nitrogen and oxygen atoms in total. The van der Waals surface area contributed by atoms with Crippen LogP contribution in [-0.2, 0) is 19.6 Å². The third-order valence-corrected chi connectivity index (χ3v) is 5.40. The number of likely N-dealkylation sites (N-methyl/N-ethyl adjacent to an activating group) is 1. The Morgan fingerprint density at radius 3 is 1.96 bits per heavy atom. The van der Waals surface area contributed by atoms with Crippen molar-refractivity contribution in [3.05, 3.63) is 54.1 Å². The van der Waals surface area contributed by atoms with Crippen molar-refractivity contribution in [2.45, 2.75) is 18.7 Å². The maximum absolute atomic E-state index is 12.6. The van der Waals surface area contributed by atoms with E-state index in [2.05, 4.69) is 10.6 Å². The van der Waals surface area contributed by atoms with E-state index in [9.17, 15) is 18.0 Å². The van der Waals surface area contributed by atoms with Gasteiger partial charge in [-0.25, -0.2) is 8.42 Å². The minimum atomic E-state index is -3.82. The molecule has 0 bridgehead atoms. The number of hydrogen-bond acceptors (Lipinski definition) is 4. The van der Waals surface area contributed by atoms with Crippen molar-refractivity contribution in [3.63, 3.8) is 0 Å². The molecule has 2 rings (SSSR count). The molecule has 0 aliphatic rings. The van der Waals surface area contributed by atoms with Crippen LogP contribution < -0.4 is 10.6 Å². The van der Waals surface area contributed by atoms with Crippen LogP contribution in [0.1, 0.15) is 12.5 Å². The number of rotatable bonds is 6. The maximum Gasteiger partial charge on any atom is 0.243 e. The van der Waals surface area contributed by atoms with Crippen LogP contribution in [0.2, 0.25) is 0 Å². The molecule has 0 saturated heterocycles. The predicted molar refractivity (Wildman–Crippen MR) is 100 cm³/mol. The van der Waals surface area contributed by atoms with Gasteiger partial charge in [-0.3, -0.25) is 9.59 Å². The third kappa shape index (κ3) is 5.14. The van der Waals surface area contributed by atoms with Crippen molar-refractivity contribution in [2.75, 3.05) is 24.2 Å². The van der Waals surface area contributed by atoms with Crippen LogP contribution in [0.15, 0.2) is 53.4 Å². The van der Waals surface area contributed by atoms with E-state index in [-0.39, 0.29) is 17.3 Å². The van der Waals surface area contributed by atoms with Crippen LogP contribution in [0.4, 0.5) is 11.4 Å². The second-order valence-corrected chi connectivity index (χ2v) is 7.93. The Morgan fingerprint density at radius 2 is 1.42 bits per heavy atom. The third-order valence-electron chi connectivity index (χ3n) is 3.58. The summed E-state index contributed by atoms with van der Waals surface area (Å²) in [5.74, 6) is -0.680. The number of nitrogens with one attached hydrogen (secondary N) is 2. The summed E-state index contributed by atoms with van der Waals surface area (Å²) in [6.07, 6.45) is 0. The van der Waals surface area contributed by atoms with Crippen molar-refractivity contribution in [1.29, 1.82) is 0 Å². The summed E-state index contributed by atoms with van der Waals surface area (Å²) < 4.78 is 26.1. The van der Waals surface area contributed by atoms with Gasteiger partial charge < -0.3 is 10.6 Å². The lowest BCUT2D eigenvalue weighted by molar-refractivity contribution is -0.116. The lowest BCUT2D eigenvalue weighted by Gasteiger charge is -2.17. The number of anilines is 2. The summed E-state index contributed by atoms with van der Waals surface area (Å²) in [6.45, 7) is 2.98. The van der Waals surface area contributed by atoms with Gasteiger partial charge in [0.1, 0.15) is 0 Å². The summed E-state index contributed by atoms with van der Waals surface area (Å²) in [5.41, 5.74) is 2.16. The molecule has 0 saturated carbocycles. The molecule has 2 aromatic carbocycles. The molecule has 0 spiro atoms. The standard InChI is InChI=1S/C18H21N3O4S/c1-13-4-6-16(7-5-13)20-18(23)12-21(3)26(24,25)17-10-8-15(9-11-17)19-14(2)22/h4-11H,12H2,1-3H3,(H,19,22)(H,20,23). The van der Waals surface area contributed by atoms with Crippen LogP contribution in [0.3, 0.4) is 0 Å². The van der Waals surface area contributed by atoms with Crippen LogP contribution in [-0.4, -0.2) is 38.1 Å². The van der Waals surface area contributed by atoms with E-state index in [1.165, 1.54) is 38.2 Å². The summed E-state index contributed by atoms with van der Waals surface area (Å²) in [5, 5.41) is 5.23. The van der Waals surface area contributed by atoms with Crippen LogP contribution >= 0.6 is 0 Å². The summed E-state index contributed by atoms with van der Waals surface area (Å²) in [6, 6.07) is 13.0. The quantitative estimate of drug-likeness (QED) is 0.809. The van der Waals surface area contributed by atoms with Crippen LogP contribution in [0, 0.1) is 6.92 Å². The monoisotopic (exact) mass is 375 g/mol. The zero-order valence-corrected chi connectivity index (χ0v) is 15.6. The minimum absolute atomic E-state index is 0.0391. The molecule has 2 aromatic rings. The van der Waals surface area contributed by atoms with Crippen molar-refractivity contribution < 1.29 is 18.0 Å². The highest BCUT2D eigenvalue weighted by molar-refractivity contribution is 7.89. The van der Waals surface area contributed by atoms with E-state index >= 15 is 0 Å². The van der Waals surface area contributed by atoms with Gasteiger partial charge in [-0.1, -0.05) is 17.7 Å². The van der Waals surface area contributed by atoms with Gasteiger partial charge >= 0.3 is 0 Å². The second-order valence-electron chi connectivity index (χ2n) is 5.88. The number of aryl methyl sites for hydroxylation is 1. The van der Waals surface area contributed by atoms with E-state index in [4.69, 9.17) is 0 Å². The molecule has 0 radical (unpaired) electrons. The van der Waals surface area contributed by atoms with Gasteiger partial charge in [-0.2, -0.15) is 4.31 Å². The van der Waals surface area contributed by atoms with Gasteiger partial charge in [0.2, 0.25) is 21.8 Å². The SMILES string of the molecule is CC(=O)Nc1ccc(S(=O)(=O)N(C)CC(=O)Nc2ccc(C)cc2)cc1. The first kappa shape index (κ1) is 19.6. The van der Waals surface area contributed by atoms with Gasteiger partial charge in [0.05, 0.1) is 11.4 Å². The molecule has 0 atom stereocenters. The molecule has 0 aromatic heterocycles. The molecule has 8 heteroatoms. The molecule has 0 aliphatic carbocycles. The van der Waals surface area contributed by atoms with E-state index in [1.807, 2.05) is 19.1 Å². The first-order chi connectivity index (χ1) is 12.2. The number of benzene rings is 2. The maximum atomic E-state index is 12.6. The van der Waals surface area contributed by atoms with Gasteiger partial charge in [-0.15, -0.1) is 0 Å². The van der Waals surface area contributed by atoms with Crippen molar-refractivity contribution in [3.8, 4) is 0 Å². The molecule has 0 aliphatic heterocycles. The molecular formula is C18H21N3O4S. The van der Waals surface area contributed by atoms with E-state index < -0.39 is 15.9 Å². The normalized spacial score (nSPS) is 11.2. The number of sulfonamides is 1. The fraction of sp³-hybridized carbons (Fsp3) is 0.222. The molecule has 0 unspecified atom stereocenters. The largest absolute Gasteiger partial charge is 0.326 e. The molecular weight excluding hydrogens is 354 g/mol. The zero-order chi connectivity index (χ0) is 19.3.